The molecule has 1 N–H and O–H groups in total. The van der Waals surface area contributed by atoms with E-state index in [1.807, 2.05) is 24.3 Å². The lowest BCUT2D eigenvalue weighted by molar-refractivity contribution is -0.182. The number of nitrogens with zero attached hydrogens (tertiary/aromatic N) is 1. The van der Waals surface area contributed by atoms with Gasteiger partial charge in [0.1, 0.15) is 5.75 Å². The zero-order chi connectivity index (χ0) is 17.3. The van der Waals surface area contributed by atoms with Gasteiger partial charge in [-0.15, -0.1) is 0 Å². The van der Waals surface area contributed by atoms with E-state index in [1.165, 1.54) is 19.1 Å². The first kappa shape index (κ1) is 16.7. The Hall–Kier alpha value is -2.12. The number of aliphatic hydroxyl groups is 1. The van der Waals surface area contributed by atoms with Crippen molar-refractivity contribution in [2.75, 3.05) is 20.3 Å². The Bertz CT molecular complexity index is 644. The molecule has 7 nitrogen and oxygen atoms in total. The van der Waals surface area contributed by atoms with Crippen molar-refractivity contribution in [1.29, 1.82) is 0 Å². The molecule has 3 rings (SSSR count). The van der Waals surface area contributed by atoms with Crippen LogP contribution in [0.3, 0.4) is 0 Å². The summed E-state index contributed by atoms with van der Waals surface area (Å²) in [6.45, 7) is 2.29. The van der Waals surface area contributed by atoms with Gasteiger partial charge in [0.05, 0.1) is 44.8 Å². The van der Waals surface area contributed by atoms with Gasteiger partial charge in [0.25, 0.3) is 0 Å². The standard InChI is InChI=1S/C17H21NO6/c1-17(21,8-15(20)22-2)7-14(19)18-16-11(10-24-18)9-23-13-6-4-3-5-12(13)16/h3-6,11,16,21H,7-10H2,1-2H3/t11-,16+,17-/m1/s1. The molecule has 0 spiro atoms. The zero-order valence-electron chi connectivity index (χ0n) is 13.7. The third-order valence-corrected chi connectivity index (χ3v) is 4.35. The molecule has 2 aliphatic heterocycles. The molecule has 0 aliphatic carbocycles. The van der Waals surface area contributed by atoms with E-state index in [2.05, 4.69) is 4.74 Å². The molecular weight excluding hydrogens is 314 g/mol. The topological polar surface area (TPSA) is 85.3 Å². The molecule has 0 unspecified atom stereocenters. The fraction of sp³-hybridized carbons (Fsp3) is 0.529. The maximum atomic E-state index is 12.6. The normalized spacial score (nSPS) is 24.4. The minimum absolute atomic E-state index is 0.0504. The zero-order valence-corrected chi connectivity index (χ0v) is 13.7. The highest BCUT2D eigenvalue weighted by Gasteiger charge is 2.45. The molecule has 0 aromatic heterocycles. The second-order valence-electron chi connectivity index (χ2n) is 6.50. The van der Waals surface area contributed by atoms with Crippen molar-refractivity contribution in [3.63, 3.8) is 0 Å². The van der Waals surface area contributed by atoms with E-state index in [4.69, 9.17) is 9.57 Å². The molecule has 0 bridgehead atoms. The number of rotatable bonds is 4. The largest absolute Gasteiger partial charge is 0.493 e. The van der Waals surface area contributed by atoms with Crippen LogP contribution in [0.25, 0.3) is 0 Å². The average molecular weight is 335 g/mol. The number of ether oxygens (including phenoxy) is 2. The maximum Gasteiger partial charge on any atom is 0.308 e. The van der Waals surface area contributed by atoms with Crippen LogP contribution in [-0.4, -0.2) is 48.0 Å². The van der Waals surface area contributed by atoms with Gasteiger partial charge < -0.3 is 14.6 Å². The van der Waals surface area contributed by atoms with Crippen LogP contribution in [0.15, 0.2) is 24.3 Å². The van der Waals surface area contributed by atoms with Crippen LogP contribution in [0.5, 0.6) is 5.75 Å². The molecule has 2 heterocycles. The van der Waals surface area contributed by atoms with Crippen molar-refractivity contribution in [2.45, 2.75) is 31.4 Å². The van der Waals surface area contributed by atoms with Crippen LogP contribution in [0.2, 0.25) is 0 Å². The van der Waals surface area contributed by atoms with Gasteiger partial charge >= 0.3 is 5.97 Å². The molecule has 2 aliphatic rings. The summed E-state index contributed by atoms with van der Waals surface area (Å²) in [5, 5.41) is 11.6. The van der Waals surface area contributed by atoms with Crippen LogP contribution in [0.4, 0.5) is 0 Å². The highest BCUT2D eigenvalue weighted by Crippen LogP contribution is 2.43. The van der Waals surface area contributed by atoms with E-state index in [1.54, 1.807) is 0 Å². The lowest BCUT2D eigenvalue weighted by Gasteiger charge is -2.32. The molecule has 3 atom stereocenters. The number of carbonyl (C=O) groups is 2. The smallest absolute Gasteiger partial charge is 0.308 e. The van der Waals surface area contributed by atoms with Crippen molar-refractivity contribution in [2.24, 2.45) is 5.92 Å². The monoisotopic (exact) mass is 335 g/mol. The molecular formula is C17H21NO6. The molecule has 0 saturated carbocycles. The van der Waals surface area contributed by atoms with E-state index in [0.717, 1.165) is 11.3 Å². The van der Waals surface area contributed by atoms with Crippen molar-refractivity contribution >= 4 is 11.9 Å². The summed E-state index contributed by atoms with van der Waals surface area (Å²) >= 11 is 0. The fourth-order valence-corrected chi connectivity index (χ4v) is 3.19. The Morgan fingerprint density at radius 1 is 1.33 bits per heavy atom. The lowest BCUT2D eigenvalue weighted by atomic mass is 9.91. The number of para-hydroxylation sites is 1. The number of hydrogen-bond acceptors (Lipinski definition) is 6. The Morgan fingerprint density at radius 2 is 2.08 bits per heavy atom. The third-order valence-electron chi connectivity index (χ3n) is 4.35. The number of hydrogen-bond donors (Lipinski definition) is 1. The van der Waals surface area contributed by atoms with Gasteiger partial charge in [-0.3, -0.25) is 14.4 Å². The second kappa shape index (κ2) is 6.41. The van der Waals surface area contributed by atoms with E-state index in [9.17, 15) is 14.7 Å². The molecule has 1 saturated heterocycles. The summed E-state index contributed by atoms with van der Waals surface area (Å²) in [4.78, 5) is 29.6. The van der Waals surface area contributed by atoms with Gasteiger partial charge in [0.2, 0.25) is 5.91 Å². The first-order chi connectivity index (χ1) is 11.4. The van der Waals surface area contributed by atoms with Crippen molar-refractivity contribution in [3.05, 3.63) is 29.8 Å². The SMILES string of the molecule is COC(=O)C[C@](C)(O)CC(=O)N1OC[C@H]2COc3ccccc3[C@H]21. The first-order valence-corrected chi connectivity index (χ1v) is 7.87. The van der Waals surface area contributed by atoms with E-state index in [-0.39, 0.29) is 30.7 Å². The predicted molar refractivity (Wildman–Crippen MR) is 82.8 cm³/mol. The maximum absolute atomic E-state index is 12.6. The van der Waals surface area contributed by atoms with Gasteiger partial charge in [-0.2, -0.15) is 0 Å². The summed E-state index contributed by atoms with van der Waals surface area (Å²) in [5.41, 5.74) is -0.594. The minimum Gasteiger partial charge on any atom is -0.493 e. The van der Waals surface area contributed by atoms with Gasteiger partial charge in [-0.25, -0.2) is 5.06 Å². The number of fused-ring (bicyclic) bond motifs is 3. The molecule has 1 aromatic rings. The van der Waals surface area contributed by atoms with Crippen LogP contribution < -0.4 is 4.74 Å². The van der Waals surface area contributed by atoms with Crippen LogP contribution in [0, 0.1) is 5.92 Å². The van der Waals surface area contributed by atoms with Crippen molar-refractivity contribution in [1.82, 2.24) is 5.06 Å². The van der Waals surface area contributed by atoms with Gasteiger partial charge in [-0.05, 0) is 13.0 Å². The molecule has 1 aromatic carbocycles. The molecule has 7 heteroatoms. The van der Waals surface area contributed by atoms with Gasteiger partial charge in [-0.1, -0.05) is 18.2 Å². The van der Waals surface area contributed by atoms with E-state index >= 15 is 0 Å². The van der Waals surface area contributed by atoms with Gasteiger partial charge in [0, 0.05) is 11.5 Å². The number of benzene rings is 1. The highest BCUT2D eigenvalue weighted by atomic mass is 16.7. The van der Waals surface area contributed by atoms with Crippen LogP contribution >= 0.6 is 0 Å². The molecule has 1 amide bonds. The quantitative estimate of drug-likeness (QED) is 0.833. The fourth-order valence-electron chi connectivity index (χ4n) is 3.19. The molecule has 0 radical (unpaired) electrons. The van der Waals surface area contributed by atoms with E-state index in [0.29, 0.717) is 13.2 Å². The number of esters is 1. The van der Waals surface area contributed by atoms with E-state index < -0.39 is 11.6 Å². The van der Waals surface area contributed by atoms with Gasteiger partial charge in [0.15, 0.2) is 0 Å². The summed E-state index contributed by atoms with van der Waals surface area (Å²) < 4.78 is 10.3. The number of carbonyl (C=O) groups excluding carboxylic acids is 2. The highest BCUT2D eigenvalue weighted by molar-refractivity contribution is 5.79. The van der Waals surface area contributed by atoms with Crippen LogP contribution in [-0.2, 0) is 19.2 Å². The predicted octanol–water partition coefficient (Wildman–Crippen LogP) is 1.21. The molecule has 130 valence electrons. The first-order valence-electron chi connectivity index (χ1n) is 7.87. The summed E-state index contributed by atoms with van der Waals surface area (Å²) in [6, 6.07) is 7.30. The van der Waals surface area contributed by atoms with Crippen LogP contribution in [0.1, 0.15) is 31.4 Å². The number of amides is 1. The number of methoxy groups -OCH3 is 1. The van der Waals surface area contributed by atoms with Crippen molar-refractivity contribution in [3.8, 4) is 5.75 Å². The Labute approximate surface area is 140 Å². The Morgan fingerprint density at radius 3 is 2.83 bits per heavy atom. The Kier molecular flexibility index (Phi) is 4.47. The second-order valence-corrected chi connectivity index (χ2v) is 6.50. The summed E-state index contributed by atoms with van der Waals surface area (Å²) in [7, 11) is 1.24. The Balaban J connectivity index is 1.76. The minimum atomic E-state index is -1.49. The van der Waals surface area contributed by atoms with Crippen molar-refractivity contribution < 1.29 is 29.0 Å². The average Bonchev–Trinajstić information content (AvgIpc) is 2.98. The molecule has 1 fully saturated rings. The summed E-state index contributed by atoms with van der Waals surface area (Å²) in [6.07, 6.45) is -0.481. The molecule has 24 heavy (non-hydrogen) atoms. The number of hydroxylamine groups is 2. The lowest BCUT2D eigenvalue weighted by Crippen LogP contribution is -2.40. The third kappa shape index (κ3) is 3.22. The summed E-state index contributed by atoms with van der Waals surface area (Å²) in [5.74, 6) is -0.143.